The summed E-state index contributed by atoms with van der Waals surface area (Å²) < 4.78 is 4.55. The van der Waals surface area contributed by atoms with Gasteiger partial charge in [-0.1, -0.05) is 41.1 Å². The maximum atomic E-state index is 10.2. The van der Waals surface area contributed by atoms with Crippen molar-refractivity contribution in [1.29, 1.82) is 0 Å². The Morgan fingerprint density at radius 1 is 1.22 bits per heavy atom. The number of aromatic nitrogens is 1. The summed E-state index contributed by atoms with van der Waals surface area (Å²) in [5, 5.41) is 1.28. The molecule has 0 saturated carbocycles. The average Bonchev–Trinajstić information content (AvgIpc) is 2.90. The molecule has 2 aromatic rings. The highest BCUT2D eigenvalue weighted by atomic mass is 79.9. The molecule has 0 bridgehead atoms. The van der Waals surface area contributed by atoms with Crippen LogP contribution in [0.5, 0.6) is 0 Å². The van der Waals surface area contributed by atoms with Gasteiger partial charge >= 0.3 is 5.97 Å². The van der Waals surface area contributed by atoms with Crippen molar-refractivity contribution >= 4 is 32.8 Å². The molecule has 1 N–H and O–H groups in total. The molecule has 4 heteroatoms. The van der Waals surface area contributed by atoms with E-state index in [2.05, 4.69) is 43.8 Å². The highest BCUT2D eigenvalue weighted by Gasteiger charge is 1.91. The summed E-state index contributed by atoms with van der Waals surface area (Å²) in [5.74, 6) is 1.69. The van der Waals surface area contributed by atoms with Gasteiger partial charge in [-0.25, -0.2) is 0 Å². The van der Waals surface area contributed by atoms with Crippen molar-refractivity contribution in [3.8, 4) is 0 Å². The summed E-state index contributed by atoms with van der Waals surface area (Å²) in [6, 6.07) is 10.3. The third-order valence-corrected chi connectivity index (χ3v) is 2.06. The summed E-state index contributed by atoms with van der Waals surface area (Å²) in [4.78, 5) is 13.3. The monoisotopic (exact) mass is 313 g/mol. The van der Waals surface area contributed by atoms with Crippen LogP contribution in [0.2, 0.25) is 0 Å². The Morgan fingerprint density at radius 2 is 1.89 bits per heavy atom. The van der Waals surface area contributed by atoms with Gasteiger partial charge in [-0.05, 0) is 30.3 Å². The smallest absolute Gasteiger partial charge is 0.305 e. The van der Waals surface area contributed by atoms with Crippen LogP contribution in [-0.2, 0) is 9.53 Å². The van der Waals surface area contributed by atoms with Gasteiger partial charge in [0.05, 0.1) is 6.61 Å². The number of halogens is 1. The fourth-order valence-electron chi connectivity index (χ4n) is 1.26. The summed E-state index contributed by atoms with van der Waals surface area (Å²) in [5.41, 5.74) is 1.21. The normalized spacial score (nSPS) is 8.67. The van der Waals surface area contributed by atoms with Gasteiger partial charge in [0.25, 0.3) is 0 Å². The Morgan fingerprint density at radius 3 is 2.39 bits per heavy atom. The van der Waals surface area contributed by atoms with Crippen LogP contribution in [0.1, 0.15) is 20.3 Å². The number of carbonyl (C=O) groups excluding carboxylic acids is 1. The number of nitrogens with one attached hydrogen (secondary N) is 1. The highest BCUT2D eigenvalue weighted by Crippen LogP contribution is 2.09. The fourth-order valence-corrected chi connectivity index (χ4v) is 1.26. The van der Waals surface area contributed by atoms with Crippen molar-refractivity contribution < 1.29 is 9.53 Å². The molecule has 0 radical (unpaired) electrons. The van der Waals surface area contributed by atoms with E-state index < -0.39 is 0 Å². The lowest BCUT2D eigenvalue weighted by atomic mass is 10.3. The second-order valence-electron chi connectivity index (χ2n) is 3.22. The summed E-state index contributed by atoms with van der Waals surface area (Å²) in [6.07, 6.45) is 2.43. The number of fused-ring (bicyclic) bond motifs is 1. The average molecular weight is 314 g/mol. The van der Waals surface area contributed by atoms with Crippen molar-refractivity contribution in [1.82, 2.24) is 4.98 Å². The second kappa shape index (κ2) is 10.8. The molecule has 2 rings (SSSR count). The number of benzene rings is 1. The van der Waals surface area contributed by atoms with E-state index in [1.165, 1.54) is 10.9 Å². The van der Waals surface area contributed by atoms with Crippen LogP contribution >= 0.6 is 15.9 Å². The highest BCUT2D eigenvalue weighted by molar-refractivity contribution is 9.08. The van der Waals surface area contributed by atoms with E-state index in [9.17, 15) is 4.79 Å². The molecule has 0 atom stereocenters. The molecule has 0 unspecified atom stereocenters. The standard InChI is InChI=1S/C8H7N.C5H10O2.CH3Br/c1-2-4-8-7(3-1)5-6-9-8;1-3-5(6)7-4-2;1-2/h1-6,9H;3-4H2,1-2H3;1H3. The van der Waals surface area contributed by atoms with Gasteiger partial charge in [0.2, 0.25) is 0 Å². The van der Waals surface area contributed by atoms with Crippen LogP contribution in [0.3, 0.4) is 0 Å². The third kappa shape index (κ3) is 6.45. The molecular weight excluding hydrogens is 294 g/mol. The number of hydrogen-bond acceptors (Lipinski definition) is 2. The minimum Gasteiger partial charge on any atom is -0.466 e. The predicted molar refractivity (Wildman–Crippen MR) is 80.1 cm³/mol. The molecule has 18 heavy (non-hydrogen) atoms. The number of esters is 1. The number of carbonyl (C=O) groups is 1. The molecule has 1 aromatic heterocycles. The van der Waals surface area contributed by atoms with Crippen molar-refractivity contribution in [2.45, 2.75) is 20.3 Å². The zero-order chi connectivity index (χ0) is 13.8. The van der Waals surface area contributed by atoms with E-state index in [4.69, 9.17) is 0 Å². The van der Waals surface area contributed by atoms with Crippen LogP contribution in [-0.4, -0.2) is 23.4 Å². The lowest BCUT2D eigenvalue weighted by Gasteiger charge is -1.93. The Hall–Kier alpha value is -1.29. The van der Waals surface area contributed by atoms with Gasteiger partial charge in [0.1, 0.15) is 0 Å². The first-order valence-electron chi connectivity index (χ1n) is 5.83. The lowest BCUT2D eigenvalue weighted by Crippen LogP contribution is -2.00. The molecule has 1 aromatic carbocycles. The largest absolute Gasteiger partial charge is 0.466 e. The van der Waals surface area contributed by atoms with E-state index in [0.717, 1.165) is 0 Å². The van der Waals surface area contributed by atoms with E-state index >= 15 is 0 Å². The van der Waals surface area contributed by atoms with Gasteiger partial charge in [-0.3, -0.25) is 4.79 Å². The van der Waals surface area contributed by atoms with E-state index in [1.54, 1.807) is 13.8 Å². The van der Waals surface area contributed by atoms with Crippen LogP contribution in [0.25, 0.3) is 10.9 Å². The van der Waals surface area contributed by atoms with E-state index in [0.29, 0.717) is 13.0 Å². The quantitative estimate of drug-likeness (QED) is 0.669. The number of H-pyrrole nitrogens is 1. The molecule has 0 fully saturated rings. The summed E-state index contributed by atoms with van der Waals surface area (Å²) >= 11 is 2.94. The van der Waals surface area contributed by atoms with Gasteiger partial charge in [0.15, 0.2) is 0 Å². The molecular formula is C14H20BrNO2. The number of ether oxygens (including phenoxy) is 1. The molecule has 0 saturated heterocycles. The van der Waals surface area contributed by atoms with Gasteiger partial charge in [-0.2, -0.15) is 0 Å². The Kier molecular flexibility index (Phi) is 10.1. The molecule has 0 aliphatic heterocycles. The molecule has 1 heterocycles. The van der Waals surface area contributed by atoms with Gasteiger partial charge in [-0.15, -0.1) is 0 Å². The SMILES string of the molecule is CBr.CCOC(=O)CC.c1ccc2[nH]ccc2c1. The zero-order valence-electron chi connectivity index (χ0n) is 11.1. The van der Waals surface area contributed by atoms with Crippen LogP contribution in [0, 0.1) is 0 Å². The molecule has 3 nitrogen and oxygen atoms in total. The molecule has 0 aliphatic carbocycles. The first-order chi connectivity index (χ1) is 8.77. The van der Waals surface area contributed by atoms with Crippen molar-refractivity contribution in [3.05, 3.63) is 36.5 Å². The zero-order valence-corrected chi connectivity index (χ0v) is 12.7. The number of aromatic amines is 1. The first-order valence-corrected chi connectivity index (χ1v) is 7.42. The van der Waals surface area contributed by atoms with E-state index in [-0.39, 0.29) is 5.97 Å². The third-order valence-electron chi connectivity index (χ3n) is 2.06. The number of rotatable bonds is 2. The lowest BCUT2D eigenvalue weighted by molar-refractivity contribution is -0.142. The molecule has 0 aliphatic rings. The first kappa shape index (κ1) is 16.7. The molecule has 0 spiro atoms. The maximum absolute atomic E-state index is 10.2. The van der Waals surface area contributed by atoms with Crippen molar-refractivity contribution in [3.63, 3.8) is 0 Å². The topological polar surface area (TPSA) is 42.1 Å². The Balaban J connectivity index is 0.000000292. The summed E-state index contributed by atoms with van der Waals surface area (Å²) in [6.45, 7) is 4.07. The minimum atomic E-state index is -0.123. The predicted octanol–water partition coefficient (Wildman–Crippen LogP) is 4.14. The number of para-hydroxylation sites is 1. The second-order valence-corrected chi connectivity index (χ2v) is 3.22. The van der Waals surface area contributed by atoms with E-state index in [1.807, 2.05) is 24.2 Å². The van der Waals surface area contributed by atoms with Crippen LogP contribution < -0.4 is 0 Å². The van der Waals surface area contributed by atoms with Crippen molar-refractivity contribution in [2.75, 3.05) is 12.4 Å². The Labute approximate surface area is 117 Å². The minimum absolute atomic E-state index is 0.123. The van der Waals surface area contributed by atoms with Crippen LogP contribution in [0.4, 0.5) is 0 Å². The number of alkyl halides is 1. The van der Waals surface area contributed by atoms with Crippen molar-refractivity contribution in [2.24, 2.45) is 0 Å². The van der Waals surface area contributed by atoms with Crippen LogP contribution in [0.15, 0.2) is 36.5 Å². The maximum Gasteiger partial charge on any atom is 0.305 e. The number of hydrogen-bond donors (Lipinski definition) is 1. The molecule has 100 valence electrons. The fraction of sp³-hybridized carbons (Fsp3) is 0.357. The summed E-state index contributed by atoms with van der Waals surface area (Å²) in [7, 11) is 0. The molecule has 0 amide bonds. The van der Waals surface area contributed by atoms with Gasteiger partial charge < -0.3 is 9.72 Å². The van der Waals surface area contributed by atoms with Gasteiger partial charge in [0, 0.05) is 18.1 Å². The Bertz CT molecular complexity index is 410.